The third-order valence-electron chi connectivity index (χ3n) is 3.70. The fourth-order valence-corrected chi connectivity index (χ4v) is 2.85. The molecule has 3 aliphatic heterocycles. The summed E-state index contributed by atoms with van der Waals surface area (Å²) < 4.78 is 5.31. The van der Waals surface area contributed by atoms with Crippen LogP contribution in [0.15, 0.2) is 4.99 Å². The fraction of sp³-hybridized carbons (Fsp3) is 0.889. The summed E-state index contributed by atoms with van der Waals surface area (Å²) in [6.45, 7) is 4.32. The van der Waals surface area contributed by atoms with Crippen LogP contribution in [0.2, 0.25) is 0 Å². The van der Waals surface area contributed by atoms with Crippen molar-refractivity contribution in [3.8, 4) is 0 Å². The summed E-state index contributed by atoms with van der Waals surface area (Å²) in [5.41, 5.74) is 5.64. The number of amidine groups is 1. The third kappa shape index (κ3) is 0.981. The number of hydrogen-bond donors (Lipinski definition) is 1. The normalized spacial score (nSPS) is 47.8. The summed E-state index contributed by atoms with van der Waals surface area (Å²) in [6, 6.07) is 0.403. The molecule has 0 amide bonds. The van der Waals surface area contributed by atoms with Crippen LogP contribution in [0.4, 0.5) is 0 Å². The Labute approximate surface area is 77.7 Å². The first kappa shape index (κ1) is 7.62. The Morgan fingerprint density at radius 3 is 3.23 bits per heavy atom. The topological polar surface area (TPSA) is 50.8 Å². The maximum absolute atomic E-state index is 5.58. The molecule has 2 saturated heterocycles. The first-order valence-electron chi connectivity index (χ1n) is 4.99. The highest BCUT2D eigenvalue weighted by Gasteiger charge is 2.49. The van der Waals surface area contributed by atoms with E-state index in [0.717, 1.165) is 19.6 Å². The van der Waals surface area contributed by atoms with Crippen LogP contribution in [-0.4, -0.2) is 42.7 Å². The molecule has 4 nitrogen and oxygen atoms in total. The summed E-state index contributed by atoms with van der Waals surface area (Å²) in [7, 11) is 0. The monoisotopic (exact) mass is 181 g/mol. The van der Waals surface area contributed by atoms with Crippen molar-refractivity contribution in [1.82, 2.24) is 4.90 Å². The summed E-state index contributed by atoms with van der Waals surface area (Å²) >= 11 is 0. The molecule has 0 aromatic rings. The second kappa shape index (κ2) is 2.38. The largest absolute Gasteiger partial charge is 0.463 e. The number of rotatable bonds is 0. The zero-order valence-electron chi connectivity index (χ0n) is 7.70. The lowest BCUT2D eigenvalue weighted by Gasteiger charge is -2.35. The Morgan fingerprint density at radius 1 is 1.54 bits per heavy atom. The zero-order chi connectivity index (χ0) is 8.89. The van der Waals surface area contributed by atoms with Gasteiger partial charge in [-0.2, -0.15) is 0 Å². The van der Waals surface area contributed by atoms with Crippen LogP contribution in [0.3, 0.4) is 0 Å². The van der Waals surface area contributed by atoms with Gasteiger partial charge in [0.25, 0.3) is 6.02 Å². The summed E-state index contributed by atoms with van der Waals surface area (Å²) in [4.78, 5) is 7.02. The van der Waals surface area contributed by atoms with E-state index in [-0.39, 0.29) is 5.54 Å². The predicted octanol–water partition coefficient (Wildman–Crippen LogP) is -0.204. The predicted molar refractivity (Wildman–Crippen MR) is 49.5 cm³/mol. The van der Waals surface area contributed by atoms with Crippen molar-refractivity contribution in [3.63, 3.8) is 0 Å². The molecule has 0 saturated carbocycles. The van der Waals surface area contributed by atoms with Gasteiger partial charge in [0.15, 0.2) is 0 Å². The molecule has 3 rings (SSSR count). The Bertz CT molecular complexity index is 266. The van der Waals surface area contributed by atoms with Crippen LogP contribution in [0, 0.1) is 5.92 Å². The number of fused-ring (bicyclic) bond motifs is 3. The molecule has 0 radical (unpaired) electrons. The molecule has 3 atom stereocenters. The van der Waals surface area contributed by atoms with Crippen molar-refractivity contribution < 1.29 is 4.74 Å². The van der Waals surface area contributed by atoms with Crippen molar-refractivity contribution in [1.29, 1.82) is 0 Å². The minimum absolute atomic E-state index is 0.0527. The second-order valence-electron chi connectivity index (χ2n) is 4.38. The summed E-state index contributed by atoms with van der Waals surface area (Å²) in [5.74, 6) is 0.683. The van der Waals surface area contributed by atoms with Crippen molar-refractivity contribution in [2.45, 2.75) is 18.4 Å². The molecule has 0 aromatic carbocycles. The van der Waals surface area contributed by atoms with Gasteiger partial charge in [0.2, 0.25) is 0 Å². The molecule has 3 aliphatic rings. The Balaban J connectivity index is 1.90. The van der Waals surface area contributed by atoms with Crippen molar-refractivity contribution in [2.75, 3.05) is 26.2 Å². The molecule has 0 aliphatic carbocycles. The number of nitrogens with two attached hydrogens (primary N) is 1. The Hall–Kier alpha value is -0.770. The molecular weight excluding hydrogens is 166 g/mol. The van der Waals surface area contributed by atoms with E-state index < -0.39 is 0 Å². The van der Waals surface area contributed by atoms with E-state index in [9.17, 15) is 0 Å². The smallest absolute Gasteiger partial charge is 0.282 e. The van der Waals surface area contributed by atoms with Crippen LogP contribution in [0.1, 0.15) is 12.8 Å². The molecule has 2 fully saturated rings. The van der Waals surface area contributed by atoms with Crippen molar-refractivity contribution in [3.05, 3.63) is 0 Å². The van der Waals surface area contributed by atoms with Gasteiger partial charge >= 0.3 is 0 Å². The van der Waals surface area contributed by atoms with E-state index in [2.05, 4.69) is 9.89 Å². The average Bonchev–Trinajstić information content (AvgIpc) is 2.66. The van der Waals surface area contributed by atoms with E-state index in [1.807, 2.05) is 0 Å². The highest BCUT2D eigenvalue weighted by Crippen LogP contribution is 2.40. The Kier molecular flexibility index (Phi) is 1.39. The maximum Gasteiger partial charge on any atom is 0.282 e. The number of piperidine rings is 1. The molecule has 3 unspecified atom stereocenters. The molecular formula is C9H15N3O. The van der Waals surface area contributed by atoms with Crippen LogP contribution >= 0.6 is 0 Å². The van der Waals surface area contributed by atoms with Gasteiger partial charge in [-0.25, -0.2) is 4.99 Å². The standard InChI is InChI=1S/C9H15N3O/c10-8-11-9(6-13-8)2-4-12-3-1-7(9)5-12/h7H,1-6H2,(H2,10,11). The van der Waals surface area contributed by atoms with Gasteiger partial charge in [0.1, 0.15) is 12.1 Å². The van der Waals surface area contributed by atoms with Crippen LogP contribution < -0.4 is 5.73 Å². The Morgan fingerprint density at radius 2 is 2.46 bits per heavy atom. The van der Waals surface area contributed by atoms with Gasteiger partial charge in [0, 0.05) is 19.0 Å². The number of hydrogen-bond acceptors (Lipinski definition) is 4. The maximum atomic E-state index is 5.58. The minimum Gasteiger partial charge on any atom is -0.463 e. The van der Waals surface area contributed by atoms with Gasteiger partial charge in [-0.3, -0.25) is 0 Å². The lowest BCUT2D eigenvalue weighted by molar-refractivity contribution is 0.132. The molecule has 4 heteroatoms. The van der Waals surface area contributed by atoms with Gasteiger partial charge < -0.3 is 15.4 Å². The van der Waals surface area contributed by atoms with Crippen molar-refractivity contribution >= 4 is 6.02 Å². The highest BCUT2D eigenvalue weighted by atomic mass is 16.5. The van der Waals surface area contributed by atoms with E-state index in [4.69, 9.17) is 10.5 Å². The molecule has 3 heterocycles. The van der Waals surface area contributed by atoms with Gasteiger partial charge in [-0.1, -0.05) is 0 Å². The number of nitrogens with zero attached hydrogens (tertiary/aromatic N) is 2. The van der Waals surface area contributed by atoms with Crippen molar-refractivity contribution in [2.24, 2.45) is 16.6 Å². The van der Waals surface area contributed by atoms with E-state index in [1.165, 1.54) is 19.5 Å². The molecule has 72 valence electrons. The molecule has 1 spiro atoms. The van der Waals surface area contributed by atoms with Gasteiger partial charge in [-0.05, 0) is 19.4 Å². The SMILES string of the molecule is NC1=NC2(CCN3CCC2C3)CO1. The molecule has 13 heavy (non-hydrogen) atoms. The van der Waals surface area contributed by atoms with Gasteiger partial charge in [0.05, 0.1) is 0 Å². The highest BCUT2D eigenvalue weighted by molar-refractivity contribution is 5.73. The molecule has 0 aromatic heterocycles. The summed E-state index contributed by atoms with van der Waals surface area (Å²) in [6.07, 6.45) is 2.39. The minimum atomic E-state index is 0.0527. The lowest BCUT2D eigenvalue weighted by Crippen LogP contribution is -2.46. The lowest BCUT2D eigenvalue weighted by atomic mass is 9.80. The molecule has 2 N–H and O–H groups in total. The second-order valence-corrected chi connectivity index (χ2v) is 4.38. The quantitative estimate of drug-likeness (QED) is 0.563. The van der Waals surface area contributed by atoms with E-state index in [0.29, 0.717) is 11.9 Å². The van der Waals surface area contributed by atoms with Crippen LogP contribution in [-0.2, 0) is 4.74 Å². The van der Waals surface area contributed by atoms with Crippen LogP contribution in [0.25, 0.3) is 0 Å². The summed E-state index contributed by atoms with van der Waals surface area (Å²) in [5, 5.41) is 0. The van der Waals surface area contributed by atoms with E-state index >= 15 is 0 Å². The first-order chi connectivity index (χ1) is 6.28. The van der Waals surface area contributed by atoms with Crippen LogP contribution in [0.5, 0.6) is 0 Å². The van der Waals surface area contributed by atoms with E-state index in [1.54, 1.807) is 0 Å². The zero-order valence-corrected chi connectivity index (χ0v) is 7.70. The first-order valence-corrected chi connectivity index (χ1v) is 4.99. The molecule has 2 bridgehead atoms. The average molecular weight is 181 g/mol. The fourth-order valence-electron chi connectivity index (χ4n) is 2.85. The number of ether oxygens (including phenoxy) is 1. The number of aliphatic imine (C=N–C) groups is 1. The third-order valence-corrected chi connectivity index (χ3v) is 3.70. The van der Waals surface area contributed by atoms with Gasteiger partial charge in [-0.15, -0.1) is 0 Å².